The van der Waals surface area contributed by atoms with Gasteiger partial charge in [-0.05, 0) is 37.6 Å². The number of nitrogens with one attached hydrogen (secondary N) is 1. The van der Waals surface area contributed by atoms with E-state index in [1.165, 1.54) is 6.07 Å². The molecule has 3 rings (SSSR count). The second kappa shape index (κ2) is 4.56. The van der Waals surface area contributed by atoms with Crippen molar-refractivity contribution in [3.05, 3.63) is 53.6 Å². The van der Waals surface area contributed by atoms with Gasteiger partial charge in [0.2, 0.25) is 0 Å². The molecule has 0 saturated heterocycles. The minimum atomic E-state index is -0.839. The standard InChI is InChI=1S/C16H15F2NO/c1-16(2)12-8-10(6-7-14(12)19-9-20-16)11-4-3-5-13(17)15(11)18/h3-8,19H,9H2,1-2H3. The number of rotatable bonds is 1. The Balaban J connectivity index is 2.15. The molecule has 1 N–H and O–H groups in total. The molecule has 1 aliphatic heterocycles. The van der Waals surface area contributed by atoms with Gasteiger partial charge in [-0.2, -0.15) is 0 Å². The van der Waals surface area contributed by atoms with Crippen LogP contribution in [0.15, 0.2) is 36.4 Å². The zero-order valence-corrected chi connectivity index (χ0v) is 11.3. The number of hydrogen-bond acceptors (Lipinski definition) is 2. The van der Waals surface area contributed by atoms with Crippen LogP contribution in [-0.2, 0) is 10.3 Å². The lowest BCUT2D eigenvalue weighted by Gasteiger charge is -2.34. The number of hydrogen-bond donors (Lipinski definition) is 1. The number of benzene rings is 2. The normalized spacial score (nSPS) is 16.4. The van der Waals surface area contributed by atoms with Gasteiger partial charge in [0.05, 0.1) is 5.60 Å². The largest absolute Gasteiger partial charge is 0.362 e. The number of ether oxygens (including phenoxy) is 1. The summed E-state index contributed by atoms with van der Waals surface area (Å²) in [5.74, 6) is -1.66. The molecule has 0 unspecified atom stereocenters. The van der Waals surface area contributed by atoms with E-state index in [1.54, 1.807) is 12.1 Å². The van der Waals surface area contributed by atoms with Crippen molar-refractivity contribution in [2.75, 3.05) is 12.0 Å². The summed E-state index contributed by atoms with van der Waals surface area (Å²) in [6.45, 7) is 4.35. The Morgan fingerprint density at radius 1 is 1.15 bits per heavy atom. The number of fused-ring (bicyclic) bond motifs is 1. The molecular weight excluding hydrogens is 260 g/mol. The van der Waals surface area contributed by atoms with Gasteiger partial charge in [0.15, 0.2) is 11.6 Å². The van der Waals surface area contributed by atoms with Crippen LogP contribution in [-0.4, -0.2) is 6.73 Å². The molecule has 104 valence electrons. The van der Waals surface area contributed by atoms with Gasteiger partial charge < -0.3 is 10.1 Å². The predicted octanol–water partition coefficient (Wildman–Crippen LogP) is 4.27. The minimum absolute atomic E-state index is 0.258. The van der Waals surface area contributed by atoms with Gasteiger partial charge in [0, 0.05) is 16.8 Å². The Labute approximate surface area is 116 Å². The first-order valence-electron chi connectivity index (χ1n) is 6.46. The molecule has 1 heterocycles. The molecule has 0 atom stereocenters. The van der Waals surface area contributed by atoms with E-state index in [-0.39, 0.29) is 5.56 Å². The van der Waals surface area contributed by atoms with Gasteiger partial charge in [-0.3, -0.25) is 0 Å². The fourth-order valence-corrected chi connectivity index (χ4v) is 2.46. The highest BCUT2D eigenvalue weighted by Gasteiger charge is 2.28. The van der Waals surface area contributed by atoms with E-state index >= 15 is 0 Å². The van der Waals surface area contributed by atoms with E-state index in [1.807, 2.05) is 26.0 Å². The SMILES string of the molecule is CC1(C)OCNc2ccc(-c3cccc(F)c3F)cc21. The van der Waals surface area contributed by atoms with Gasteiger partial charge in [-0.25, -0.2) is 8.78 Å². The third-order valence-corrected chi connectivity index (χ3v) is 3.63. The second-order valence-corrected chi connectivity index (χ2v) is 5.34. The van der Waals surface area contributed by atoms with Crippen LogP contribution in [0.5, 0.6) is 0 Å². The van der Waals surface area contributed by atoms with Crippen molar-refractivity contribution in [2.24, 2.45) is 0 Å². The highest BCUT2D eigenvalue weighted by molar-refractivity contribution is 5.70. The summed E-state index contributed by atoms with van der Waals surface area (Å²) in [5.41, 5.74) is 2.34. The summed E-state index contributed by atoms with van der Waals surface area (Å²) in [4.78, 5) is 0. The Kier molecular flexibility index (Phi) is 2.98. The van der Waals surface area contributed by atoms with Gasteiger partial charge in [0.1, 0.15) is 6.73 Å². The van der Waals surface area contributed by atoms with E-state index in [9.17, 15) is 8.78 Å². The molecule has 0 spiro atoms. The molecular formula is C16H15F2NO. The summed E-state index contributed by atoms with van der Waals surface area (Å²) in [7, 11) is 0. The van der Waals surface area contributed by atoms with Crippen molar-refractivity contribution in [3.8, 4) is 11.1 Å². The van der Waals surface area contributed by atoms with E-state index in [2.05, 4.69) is 5.32 Å². The van der Waals surface area contributed by atoms with Gasteiger partial charge in [-0.1, -0.05) is 18.2 Å². The van der Waals surface area contributed by atoms with E-state index in [4.69, 9.17) is 4.74 Å². The van der Waals surface area contributed by atoms with Crippen molar-refractivity contribution < 1.29 is 13.5 Å². The topological polar surface area (TPSA) is 21.3 Å². The molecule has 0 amide bonds. The lowest BCUT2D eigenvalue weighted by Crippen LogP contribution is -2.31. The Hall–Kier alpha value is -1.94. The van der Waals surface area contributed by atoms with Crippen LogP contribution in [0.25, 0.3) is 11.1 Å². The molecule has 0 aliphatic carbocycles. The lowest BCUT2D eigenvalue weighted by atomic mass is 9.91. The van der Waals surface area contributed by atoms with Crippen LogP contribution in [0.4, 0.5) is 14.5 Å². The molecule has 2 aromatic rings. The smallest absolute Gasteiger partial charge is 0.166 e. The second-order valence-electron chi connectivity index (χ2n) is 5.34. The maximum absolute atomic E-state index is 13.9. The molecule has 0 saturated carbocycles. The summed E-state index contributed by atoms with van der Waals surface area (Å²) in [6, 6.07) is 9.70. The van der Waals surface area contributed by atoms with Crippen LogP contribution in [0.2, 0.25) is 0 Å². The van der Waals surface area contributed by atoms with Gasteiger partial charge in [-0.15, -0.1) is 0 Å². The lowest BCUT2D eigenvalue weighted by molar-refractivity contribution is -0.0178. The number of halogens is 2. The highest BCUT2D eigenvalue weighted by Crippen LogP contribution is 2.37. The maximum atomic E-state index is 13.9. The Morgan fingerprint density at radius 3 is 2.75 bits per heavy atom. The van der Waals surface area contributed by atoms with Crippen LogP contribution in [0.3, 0.4) is 0 Å². The zero-order valence-electron chi connectivity index (χ0n) is 11.3. The van der Waals surface area contributed by atoms with Crippen LogP contribution < -0.4 is 5.32 Å². The third kappa shape index (κ3) is 2.06. The first-order chi connectivity index (χ1) is 9.49. The van der Waals surface area contributed by atoms with Crippen molar-refractivity contribution in [3.63, 3.8) is 0 Å². The van der Waals surface area contributed by atoms with Crippen molar-refractivity contribution >= 4 is 5.69 Å². The third-order valence-electron chi connectivity index (χ3n) is 3.63. The van der Waals surface area contributed by atoms with E-state index in [0.717, 1.165) is 17.3 Å². The molecule has 4 heteroatoms. The first kappa shape index (κ1) is 13.1. The quantitative estimate of drug-likeness (QED) is 0.839. The Bertz CT molecular complexity index is 668. The van der Waals surface area contributed by atoms with E-state index < -0.39 is 17.2 Å². The fourth-order valence-electron chi connectivity index (χ4n) is 2.46. The molecule has 2 aromatic carbocycles. The number of anilines is 1. The first-order valence-corrected chi connectivity index (χ1v) is 6.46. The zero-order chi connectivity index (χ0) is 14.3. The summed E-state index contributed by atoms with van der Waals surface area (Å²) >= 11 is 0. The fraction of sp³-hybridized carbons (Fsp3) is 0.250. The molecule has 2 nitrogen and oxygen atoms in total. The van der Waals surface area contributed by atoms with Gasteiger partial charge in [0.25, 0.3) is 0 Å². The highest BCUT2D eigenvalue weighted by atomic mass is 19.2. The van der Waals surface area contributed by atoms with E-state index in [0.29, 0.717) is 12.3 Å². The Morgan fingerprint density at radius 2 is 1.95 bits per heavy atom. The predicted molar refractivity (Wildman–Crippen MR) is 74.4 cm³/mol. The average Bonchev–Trinajstić information content (AvgIpc) is 2.42. The van der Waals surface area contributed by atoms with Crippen molar-refractivity contribution in [2.45, 2.75) is 19.4 Å². The molecule has 0 radical (unpaired) electrons. The summed E-state index contributed by atoms with van der Waals surface area (Å²) in [5, 5.41) is 3.13. The maximum Gasteiger partial charge on any atom is 0.166 e. The molecule has 20 heavy (non-hydrogen) atoms. The summed E-state index contributed by atoms with van der Waals surface area (Å²) < 4.78 is 32.9. The molecule has 0 bridgehead atoms. The summed E-state index contributed by atoms with van der Waals surface area (Å²) in [6.07, 6.45) is 0. The van der Waals surface area contributed by atoms with Crippen LogP contribution in [0.1, 0.15) is 19.4 Å². The van der Waals surface area contributed by atoms with Crippen molar-refractivity contribution in [1.82, 2.24) is 0 Å². The molecule has 0 aromatic heterocycles. The monoisotopic (exact) mass is 275 g/mol. The minimum Gasteiger partial charge on any atom is -0.362 e. The van der Waals surface area contributed by atoms with Crippen LogP contribution >= 0.6 is 0 Å². The van der Waals surface area contributed by atoms with Gasteiger partial charge >= 0.3 is 0 Å². The van der Waals surface area contributed by atoms with Crippen molar-refractivity contribution in [1.29, 1.82) is 0 Å². The average molecular weight is 275 g/mol. The molecule has 0 fully saturated rings. The van der Waals surface area contributed by atoms with Crippen LogP contribution in [0, 0.1) is 11.6 Å². The molecule has 1 aliphatic rings.